The van der Waals surface area contributed by atoms with Gasteiger partial charge in [-0.2, -0.15) is 8.78 Å². The first kappa shape index (κ1) is 21.2. The van der Waals surface area contributed by atoms with E-state index < -0.39 is 12.5 Å². The van der Waals surface area contributed by atoms with Crippen molar-refractivity contribution in [2.24, 2.45) is 0 Å². The van der Waals surface area contributed by atoms with Gasteiger partial charge in [-0.1, -0.05) is 6.07 Å². The van der Waals surface area contributed by atoms with Gasteiger partial charge in [0.25, 0.3) is 5.91 Å². The number of benzene rings is 2. The highest BCUT2D eigenvalue weighted by Gasteiger charge is 2.16. The predicted octanol–water partition coefficient (Wildman–Crippen LogP) is 5.42. The molecule has 1 amide bonds. The number of nitrogens with one attached hydrogen (secondary N) is 1. The summed E-state index contributed by atoms with van der Waals surface area (Å²) in [6.45, 7) is 1.33. The summed E-state index contributed by atoms with van der Waals surface area (Å²) in [5, 5.41) is 2.52. The van der Waals surface area contributed by atoms with Gasteiger partial charge in [0.15, 0.2) is 5.76 Å². The molecule has 1 aromatic heterocycles. The van der Waals surface area contributed by atoms with Crippen LogP contribution in [0, 0.1) is 6.92 Å². The van der Waals surface area contributed by atoms with Gasteiger partial charge in [-0.25, -0.2) is 0 Å². The molecule has 2 aromatic carbocycles. The number of alkyl halides is 2. The third kappa shape index (κ3) is 5.73. The molecule has 0 aliphatic heterocycles. The summed E-state index contributed by atoms with van der Waals surface area (Å²) in [5.41, 5.74) is 0.838. The van der Waals surface area contributed by atoms with Gasteiger partial charge in [0, 0.05) is 0 Å². The molecule has 0 unspecified atom stereocenters. The lowest BCUT2D eigenvalue weighted by Gasteiger charge is -2.12. The molecule has 0 atom stereocenters. The van der Waals surface area contributed by atoms with Crippen molar-refractivity contribution >= 4 is 11.6 Å². The molecule has 1 heterocycles. The van der Waals surface area contributed by atoms with E-state index in [4.69, 9.17) is 13.9 Å². The summed E-state index contributed by atoms with van der Waals surface area (Å²) in [5.74, 6) is 1.10. The molecule has 6 nitrogen and oxygen atoms in total. The molecule has 0 radical (unpaired) electrons. The van der Waals surface area contributed by atoms with Crippen LogP contribution >= 0.6 is 0 Å². The number of hydrogen-bond donors (Lipinski definition) is 1. The Bertz CT molecular complexity index is 985. The van der Waals surface area contributed by atoms with E-state index >= 15 is 0 Å². The molecule has 30 heavy (non-hydrogen) atoms. The van der Waals surface area contributed by atoms with E-state index in [9.17, 15) is 13.6 Å². The Morgan fingerprint density at radius 1 is 1.03 bits per heavy atom. The van der Waals surface area contributed by atoms with Gasteiger partial charge in [0.05, 0.1) is 12.3 Å². The summed E-state index contributed by atoms with van der Waals surface area (Å²) in [4.78, 5) is 12.4. The van der Waals surface area contributed by atoms with Gasteiger partial charge in [-0.05, 0) is 67.9 Å². The van der Waals surface area contributed by atoms with Crippen LogP contribution in [0.5, 0.6) is 17.2 Å². The van der Waals surface area contributed by atoms with Crippen LogP contribution in [0.15, 0.2) is 59.0 Å². The maximum Gasteiger partial charge on any atom is 0.387 e. The van der Waals surface area contributed by atoms with Crippen molar-refractivity contribution in [1.82, 2.24) is 0 Å². The van der Waals surface area contributed by atoms with E-state index in [2.05, 4.69) is 10.1 Å². The number of anilines is 1. The van der Waals surface area contributed by atoms with Crippen LogP contribution in [0.4, 0.5) is 14.5 Å². The zero-order valence-electron chi connectivity index (χ0n) is 16.5. The van der Waals surface area contributed by atoms with Crippen LogP contribution in [-0.4, -0.2) is 19.1 Å². The van der Waals surface area contributed by atoms with Crippen LogP contribution in [0.2, 0.25) is 0 Å². The van der Waals surface area contributed by atoms with Crippen LogP contribution in [0.25, 0.3) is 0 Å². The molecule has 0 aliphatic rings. The van der Waals surface area contributed by atoms with Gasteiger partial charge < -0.3 is 23.9 Å². The first-order valence-electron chi connectivity index (χ1n) is 9.25. The SMILES string of the molecule is CCOc1ccc(OCc2ccc(C(=O)Nc3ccc(C)cc3OC(F)F)o2)cc1. The zero-order valence-corrected chi connectivity index (χ0v) is 16.5. The molecule has 3 rings (SSSR count). The number of halogens is 2. The lowest BCUT2D eigenvalue weighted by atomic mass is 10.2. The number of ether oxygens (including phenoxy) is 3. The minimum atomic E-state index is -3.00. The number of amides is 1. The molecule has 1 N–H and O–H groups in total. The fourth-order valence-electron chi connectivity index (χ4n) is 2.64. The van der Waals surface area contributed by atoms with Crippen LogP contribution in [0.3, 0.4) is 0 Å². The average molecular weight is 417 g/mol. The third-order valence-electron chi connectivity index (χ3n) is 4.00. The first-order chi connectivity index (χ1) is 14.4. The van der Waals surface area contributed by atoms with Crippen molar-refractivity contribution in [1.29, 1.82) is 0 Å². The number of hydrogen-bond acceptors (Lipinski definition) is 5. The summed E-state index contributed by atoms with van der Waals surface area (Å²) < 4.78 is 46.2. The maximum atomic E-state index is 12.6. The first-order valence-corrected chi connectivity index (χ1v) is 9.25. The highest BCUT2D eigenvalue weighted by Crippen LogP contribution is 2.28. The van der Waals surface area contributed by atoms with E-state index in [1.54, 1.807) is 43.3 Å². The van der Waals surface area contributed by atoms with Gasteiger partial charge in [-0.3, -0.25) is 4.79 Å². The molecular weight excluding hydrogens is 396 g/mol. The second kappa shape index (κ2) is 9.78. The lowest BCUT2D eigenvalue weighted by Crippen LogP contribution is -2.13. The normalized spacial score (nSPS) is 10.7. The minimum Gasteiger partial charge on any atom is -0.494 e. The molecule has 3 aromatic rings. The van der Waals surface area contributed by atoms with Crippen molar-refractivity contribution in [3.63, 3.8) is 0 Å². The summed E-state index contributed by atoms with van der Waals surface area (Å²) in [6.07, 6.45) is 0. The van der Waals surface area contributed by atoms with E-state index in [0.29, 0.717) is 18.1 Å². The van der Waals surface area contributed by atoms with E-state index in [0.717, 1.165) is 11.3 Å². The standard InChI is InChI=1S/C22H21F2NO5/c1-3-27-15-5-7-16(8-6-15)28-13-17-9-11-19(29-17)21(26)25-18-10-4-14(2)12-20(18)30-22(23)24/h4-12,22H,3,13H2,1-2H3,(H,25,26). The van der Waals surface area contributed by atoms with Crippen molar-refractivity contribution in [2.75, 3.05) is 11.9 Å². The van der Waals surface area contributed by atoms with E-state index in [1.807, 2.05) is 6.92 Å². The Morgan fingerprint density at radius 2 is 1.73 bits per heavy atom. The molecule has 0 saturated carbocycles. The summed E-state index contributed by atoms with van der Waals surface area (Å²) in [7, 11) is 0. The summed E-state index contributed by atoms with van der Waals surface area (Å²) >= 11 is 0. The van der Waals surface area contributed by atoms with Gasteiger partial charge in [0.1, 0.15) is 29.6 Å². The highest BCUT2D eigenvalue weighted by molar-refractivity contribution is 6.03. The summed E-state index contributed by atoms with van der Waals surface area (Å²) in [6, 6.07) is 14.8. The average Bonchev–Trinajstić information content (AvgIpc) is 3.18. The Labute approximate surface area is 172 Å². The van der Waals surface area contributed by atoms with Gasteiger partial charge in [-0.15, -0.1) is 0 Å². The van der Waals surface area contributed by atoms with Crippen molar-refractivity contribution in [2.45, 2.75) is 27.1 Å². The molecule has 8 heteroatoms. The number of aryl methyl sites for hydroxylation is 1. The Hall–Kier alpha value is -3.55. The minimum absolute atomic E-state index is 0.0175. The Kier molecular flexibility index (Phi) is 6.90. The molecule has 0 saturated heterocycles. The third-order valence-corrected chi connectivity index (χ3v) is 4.00. The fraction of sp³-hybridized carbons (Fsp3) is 0.227. The molecular formula is C22H21F2NO5. The monoisotopic (exact) mass is 417 g/mol. The molecule has 158 valence electrons. The van der Waals surface area contributed by atoms with Gasteiger partial charge >= 0.3 is 6.61 Å². The van der Waals surface area contributed by atoms with Crippen molar-refractivity contribution in [3.05, 3.63) is 71.7 Å². The molecule has 0 fully saturated rings. The maximum absolute atomic E-state index is 12.6. The number of furan rings is 1. The van der Waals surface area contributed by atoms with E-state index in [1.165, 1.54) is 18.2 Å². The fourth-order valence-corrected chi connectivity index (χ4v) is 2.64. The second-order valence-corrected chi connectivity index (χ2v) is 6.29. The smallest absolute Gasteiger partial charge is 0.387 e. The lowest BCUT2D eigenvalue weighted by molar-refractivity contribution is -0.0494. The Balaban J connectivity index is 1.61. The highest BCUT2D eigenvalue weighted by atomic mass is 19.3. The predicted molar refractivity (Wildman–Crippen MR) is 106 cm³/mol. The van der Waals surface area contributed by atoms with Crippen LogP contribution < -0.4 is 19.5 Å². The second-order valence-electron chi connectivity index (χ2n) is 6.29. The van der Waals surface area contributed by atoms with Gasteiger partial charge in [0.2, 0.25) is 0 Å². The quantitative estimate of drug-likeness (QED) is 0.503. The van der Waals surface area contributed by atoms with Crippen LogP contribution in [0.1, 0.15) is 28.8 Å². The van der Waals surface area contributed by atoms with Crippen molar-refractivity contribution in [3.8, 4) is 17.2 Å². The largest absolute Gasteiger partial charge is 0.494 e. The van der Waals surface area contributed by atoms with Crippen LogP contribution in [-0.2, 0) is 6.61 Å². The zero-order chi connectivity index (χ0) is 21.5. The Morgan fingerprint density at radius 3 is 2.40 bits per heavy atom. The van der Waals surface area contributed by atoms with Crippen molar-refractivity contribution < 1.29 is 32.2 Å². The number of carbonyl (C=O) groups is 1. The topological polar surface area (TPSA) is 69.9 Å². The number of carbonyl (C=O) groups excluding carboxylic acids is 1. The molecule has 0 aliphatic carbocycles. The number of rotatable bonds is 9. The molecule has 0 bridgehead atoms. The van der Waals surface area contributed by atoms with E-state index in [-0.39, 0.29) is 23.8 Å². The molecule has 0 spiro atoms.